The molecule has 0 aromatic heterocycles. The molecule has 2 N–H and O–H groups in total. The van der Waals surface area contributed by atoms with Crippen LogP contribution in [0.3, 0.4) is 0 Å². The highest BCUT2D eigenvalue weighted by molar-refractivity contribution is 7.98. The Bertz CT molecular complexity index is 457. The number of nitrogens with one attached hydrogen (secondary N) is 1. The van der Waals surface area contributed by atoms with Crippen molar-refractivity contribution in [2.75, 3.05) is 11.6 Å². The van der Waals surface area contributed by atoms with Crippen molar-refractivity contribution in [1.29, 1.82) is 0 Å². The summed E-state index contributed by atoms with van der Waals surface area (Å²) in [5.74, 6) is -1.27. The number of aliphatic carboxylic acids is 1. The second kappa shape index (κ2) is 5.91. The third-order valence-corrected chi connectivity index (χ3v) is 3.26. The standard InChI is InChI=1S/C13H17NO3S/c1-13(2,12(16)17)8-11(15)14-9-5-4-6-10(7-9)18-3/h4-7H,8H2,1-3H3,(H,14,15)(H,16,17). The van der Waals surface area contributed by atoms with E-state index in [2.05, 4.69) is 5.32 Å². The molecule has 1 amide bonds. The summed E-state index contributed by atoms with van der Waals surface area (Å²) >= 11 is 1.58. The third-order valence-electron chi connectivity index (χ3n) is 2.53. The summed E-state index contributed by atoms with van der Waals surface area (Å²) in [5.41, 5.74) is -0.366. The second-order valence-electron chi connectivity index (χ2n) is 4.65. The lowest BCUT2D eigenvalue weighted by Crippen LogP contribution is -2.29. The highest BCUT2D eigenvalue weighted by atomic mass is 32.2. The minimum atomic E-state index is -1.05. The maximum atomic E-state index is 11.8. The van der Waals surface area contributed by atoms with Crippen molar-refractivity contribution in [1.82, 2.24) is 0 Å². The van der Waals surface area contributed by atoms with Gasteiger partial charge in [-0.05, 0) is 38.3 Å². The van der Waals surface area contributed by atoms with E-state index >= 15 is 0 Å². The number of carbonyl (C=O) groups is 2. The van der Waals surface area contributed by atoms with Crippen LogP contribution in [0.25, 0.3) is 0 Å². The summed E-state index contributed by atoms with van der Waals surface area (Å²) in [4.78, 5) is 23.7. The van der Waals surface area contributed by atoms with Crippen LogP contribution in [0.5, 0.6) is 0 Å². The molecule has 0 bridgehead atoms. The van der Waals surface area contributed by atoms with Crippen LogP contribution in [-0.4, -0.2) is 23.2 Å². The van der Waals surface area contributed by atoms with Gasteiger partial charge in [0.2, 0.25) is 5.91 Å². The van der Waals surface area contributed by atoms with Crippen molar-refractivity contribution < 1.29 is 14.7 Å². The van der Waals surface area contributed by atoms with E-state index in [-0.39, 0.29) is 12.3 Å². The Hall–Kier alpha value is -1.49. The molecular weight excluding hydrogens is 250 g/mol. The zero-order chi connectivity index (χ0) is 13.8. The lowest BCUT2D eigenvalue weighted by Gasteiger charge is -2.18. The molecule has 0 saturated carbocycles. The topological polar surface area (TPSA) is 66.4 Å². The molecule has 4 nitrogen and oxygen atoms in total. The molecule has 0 aliphatic carbocycles. The molecule has 1 rings (SSSR count). The predicted molar refractivity (Wildman–Crippen MR) is 72.9 cm³/mol. The number of hydrogen-bond acceptors (Lipinski definition) is 3. The van der Waals surface area contributed by atoms with Crippen LogP contribution in [0.15, 0.2) is 29.2 Å². The van der Waals surface area contributed by atoms with Crippen LogP contribution < -0.4 is 5.32 Å². The molecule has 0 saturated heterocycles. The molecule has 1 aromatic rings. The Labute approximate surface area is 111 Å². The number of thioether (sulfide) groups is 1. The number of rotatable bonds is 5. The molecule has 0 fully saturated rings. The molecule has 98 valence electrons. The van der Waals surface area contributed by atoms with Crippen molar-refractivity contribution in [3.05, 3.63) is 24.3 Å². The van der Waals surface area contributed by atoms with Gasteiger partial charge >= 0.3 is 5.97 Å². The zero-order valence-electron chi connectivity index (χ0n) is 10.7. The summed E-state index contributed by atoms with van der Waals surface area (Å²) in [6, 6.07) is 7.44. The average molecular weight is 267 g/mol. The Balaban J connectivity index is 2.67. The third kappa shape index (κ3) is 4.07. The quantitative estimate of drug-likeness (QED) is 0.805. The van der Waals surface area contributed by atoms with E-state index in [0.29, 0.717) is 5.69 Å². The fourth-order valence-electron chi connectivity index (χ4n) is 1.38. The van der Waals surface area contributed by atoms with Crippen molar-refractivity contribution in [2.24, 2.45) is 5.41 Å². The van der Waals surface area contributed by atoms with Gasteiger partial charge in [0.1, 0.15) is 0 Å². The minimum absolute atomic E-state index is 0.0498. The van der Waals surface area contributed by atoms with Crippen LogP contribution >= 0.6 is 11.8 Å². The number of carboxylic acid groups (broad SMARTS) is 1. The first-order valence-corrected chi connectivity index (χ1v) is 6.75. The summed E-state index contributed by atoms with van der Waals surface area (Å²) in [7, 11) is 0. The highest BCUT2D eigenvalue weighted by Gasteiger charge is 2.30. The summed E-state index contributed by atoms with van der Waals surface area (Å²) in [6.45, 7) is 3.07. The maximum absolute atomic E-state index is 11.8. The second-order valence-corrected chi connectivity index (χ2v) is 5.53. The van der Waals surface area contributed by atoms with Gasteiger partial charge in [-0.2, -0.15) is 0 Å². The summed E-state index contributed by atoms with van der Waals surface area (Å²) in [5, 5.41) is 11.7. The molecule has 0 spiro atoms. The number of anilines is 1. The normalized spacial score (nSPS) is 11.1. The first-order chi connectivity index (χ1) is 8.35. The molecular formula is C13H17NO3S. The molecule has 0 atom stereocenters. The molecule has 5 heteroatoms. The molecule has 0 unspecified atom stereocenters. The fourth-order valence-corrected chi connectivity index (χ4v) is 1.84. The minimum Gasteiger partial charge on any atom is -0.481 e. The molecule has 0 aliphatic rings. The van der Waals surface area contributed by atoms with Gasteiger partial charge in [0.05, 0.1) is 5.41 Å². The van der Waals surface area contributed by atoms with Gasteiger partial charge in [0, 0.05) is 17.0 Å². The van der Waals surface area contributed by atoms with Crippen LogP contribution in [0, 0.1) is 5.41 Å². The van der Waals surface area contributed by atoms with Gasteiger partial charge in [-0.3, -0.25) is 9.59 Å². The lowest BCUT2D eigenvalue weighted by molar-refractivity contribution is -0.148. The van der Waals surface area contributed by atoms with Crippen LogP contribution in [0.2, 0.25) is 0 Å². The van der Waals surface area contributed by atoms with Gasteiger partial charge < -0.3 is 10.4 Å². The van der Waals surface area contributed by atoms with Crippen LogP contribution in [0.1, 0.15) is 20.3 Å². The lowest BCUT2D eigenvalue weighted by atomic mass is 9.89. The van der Waals surface area contributed by atoms with Gasteiger partial charge in [-0.1, -0.05) is 6.07 Å². The Morgan fingerprint density at radius 2 is 2.06 bits per heavy atom. The van der Waals surface area contributed by atoms with E-state index < -0.39 is 11.4 Å². The number of benzene rings is 1. The number of hydrogen-bond donors (Lipinski definition) is 2. The zero-order valence-corrected chi connectivity index (χ0v) is 11.5. The Kier molecular flexibility index (Phi) is 4.78. The first-order valence-electron chi connectivity index (χ1n) is 5.52. The number of amides is 1. The largest absolute Gasteiger partial charge is 0.481 e. The predicted octanol–water partition coefficient (Wildman–Crippen LogP) is 2.85. The van der Waals surface area contributed by atoms with E-state index in [1.165, 1.54) is 13.8 Å². The Morgan fingerprint density at radius 3 is 2.61 bits per heavy atom. The van der Waals surface area contributed by atoms with E-state index in [0.717, 1.165) is 4.90 Å². The fraction of sp³-hybridized carbons (Fsp3) is 0.385. The SMILES string of the molecule is CSc1cccc(NC(=O)CC(C)(C)C(=O)O)c1. The van der Waals surface area contributed by atoms with Crippen molar-refractivity contribution in [3.63, 3.8) is 0 Å². The molecule has 0 aliphatic heterocycles. The molecule has 0 heterocycles. The molecule has 0 radical (unpaired) electrons. The summed E-state index contributed by atoms with van der Waals surface area (Å²) in [6.07, 6.45) is 1.90. The van der Waals surface area contributed by atoms with Crippen LogP contribution in [-0.2, 0) is 9.59 Å². The van der Waals surface area contributed by atoms with Gasteiger partial charge in [-0.15, -0.1) is 11.8 Å². The maximum Gasteiger partial charge on any atom is 0.309 e. The molecule has 18 heavy (non-hydrogen) atoms. The van der Waals surface area contributed by atoms with Crippen molar-refractivity contribution in [3.8, 4) is 0 Å². The van der Waals surface area contributed by atoms with Crippen molar-refractivity contribution in [2.45, 2.75) is 25.2 Å². The first kappa shape index (κ1) is 14.6. The Morgan fingerprint density at radius 1 is 1.39 bits per heavy atom. The summed E-state index contributed by atoms with van der Waals surface area (Å²) < 4.78 is 0. The van der Waals surface area contributed by atoms with Gasteiger partial charge in [-0.25, -0.2) is 0 Å². The van der Waals surface area contributed by atoms with E-state index in [4.69, 9.17) is 5.11 Å². The molecule has 1 aromatic carbocycles. The van der Waals surface area contributed by atoms with E-state index in [9.17, 15) is 9.59 Å². The van der Waals surface area contributed by atoms with E-state index in [1.54, 1.807) is 17.8 Å². The average Bonchev–Trinajstić information content (AvgIpc) is 2.28. The monoisotopic (exact) mass is 267 g/mol. The van der Waals surface area contributed by atoms with Gasteiger partial charge in [0.25, 0.3) is 0 Å². The van der Waals surface area contributed by atoms with E-state index in [1.807, 2.05) is 24.5 Å². The van der Waals surface area contributed by atoms with Crippen LogP contribution in [0.4, 0.5) is 5.69 Å². The van der Waals surface area contributed by atoms with Gasteiger partial charge in [0.15, 0.2) is 0 Å². The number of carbonyl (C=O) groups excluding carboxylic acids is 1. The number of carboxylic acids is 1. The smallest absolute Gasteiger partial charge is 0.309 e. The highest BCUT2D eigenvalue weighted by Crippen LogP contribution is 2.23. The van der Waals surface area contributed by atoms with Crippen molar-refractivity contribution >= 4 is 29.3 Å².